The molecule has 0 unspecified atom stereocenters. The predicted octanol–water partition coefficient (Wildman–Crippen LogP) is 1.94. The van der Waals surface area contributed by atoms with Gasteiger partial charge in [-0.15, -0.1) is 0 Å². The summed E-state index contributed by atoms with van der Waals surface area (Å²) in [7, 11) is 0. The number of nitrogens with one attached hydrogen (secondary N) is 1. The minimum atomic E-state index is -0.522. The number of carbonyl (C=O) groups excluding carboxylic acids is 1. The molecule has 24 heavy (non-hydrogen) atoms. The largest absolute Gasteiger partial charge is 0.325 e. The molecule has 0 aliphatic heterocycles. The lowest BCUT2D eigenvalue weighted by Crippen LogP contribution is -2.27. The molecule has 3 aromatic rings. The van der Waals surface area contributed by atoms with E-state index in [1.165, 1.54) is 35.2 Å². The fraction of sp³-hybridized carbons (Fsp3) is 0.0625. The van der Waals surface area contributed by atoms with Crippen molar-refractivity contribution in [3.63, 3.8) is 0 Å². The first-order valence-corrected chi connectivity index (χ1v) is 7.03. The maximum Gasteiger partial charge on any atom is 0.269 e. The molecular weight excluding hydrogens is 312 g/mol. The van der Waals surface area contributed by atoms with Gasteiger partial charge in [0.2, 0.25) is 5.91 Å². The molecular formula is C16H12N4O4. The first-order chi connectivity index (χ1) is 11.5. The average Bonchev–Trinajstić information content (AvgIpc) is 2.58. The normalized spacial score (nSPS) is 10.5. The number of para-hydroxylation sites is 1. The average molecular weight is 324 g/mol. The van der Waals surface area contributed by atoms with Crippen molar-refractivity contribution < 1.29 is 9.72 Å². The van der Waals surface area contributed by atoms with Crippen molar-refractivity contribution in [3.8, 4) is 0 Å². The van der Waals surface area contributed by atoms with Crippen LogP contribution in [0, 0.1) is 10.1 Å². The number of hydrogen-bond acceptors (Lipinski definition) is 5. The number of aromatic nitrogens is 2. The fourth-order valence-corrected chi connectivity index (χ4v) is 2.24. The number of carbonyl (C=O) groups is 1. The quantitative estimate of drug-likeness (QED) is 0.583. The number of anilines is 1. The van der Waals surface area contributed by atoms with E-state index in [-0.39, 0.29) is 17.8 Å². The van der Waals surface area contributed by atoms with E-state index in [2.05, 4.69) is 10.3 Å². The van der Waals surface area contributed by atoms with E-state index in [1.54, 1.807) is 24.3 Å². The SMILES string of the molecule is O=C(Cn1cnc2ccccc2c1=O)Nc1ccc([N+](=O)[O-])cc1. The number of nitro groups is 1. The Morgan fingerprint density at radius 2 is 1.88 bits per heavy atom. The van der Waals surface area contributed by atoms with Crippen LogP contribution in [0.15, 0.2) is 59.7 Å². The van der Waals surface area contributed by atoms with Crippen molar-refractivity contribution in [1.82, 2.24) is 9.55 Å². The van der Waals surface area contributed by atoms with Crippen LogP contribution < -0.4 is 10.9 Å². The molecule has 1 heterocycles. The summed E-state index contributed by atoms with van der Waals surface area (Å²) in [6.45, 7) is -0.201. The first kappa shape index (κ1) is 15.3. The Hall–Kier alpha value is -3.55. The zero-order valence-electron chi connectivity index (χ0n) is 12.4. The molecule has 0 bridgehead atoms. The van der Waals surface area contributed by atoms with E-state index < -0.39 is 10.8 Å². The van der Waals surface area contributed by atoms with Crippen LogP contribution in [0.1, 0.15) is 0 Å². The second-order valence-electron chi connectivity index (χ2n) is 5.05. The van der Waals surface area contributed by atoms with Crippen LogP contribution in [-0.2, 0) is 11.3 Å². The number of amides is 1. The van der Waals surface area contributed by atoms with Crippen molar-refractivity contribution in [2.75, 3.05) is 5.32 Å². The Morgan fingerprint density at radius 3 is 2.58 bits per heavy atom. The number of nitro benzene ring substituents is 1. The summed E-state index contributed by atoms with van der Waals surface area (Å²) in [5.41, 5.74) is 0.601. The number of benzene rings is 2. The van der Waals surface area contributed by atoms with E-state index in [0.717, 1.165) is 0 Å². The van der Waals surface area contributed by atoms with Gasteiger partial charge in [0.25, 0.3) is 11.2 Å². The van der Waals surface area contributed by atoms with E-state index in [4.69, 9.17) is 0 Å². The molecule has 2 aromatic carbocycles. The Labute approximate surface area is 135 Å². The van der Waals surface area contributed by atoms with Crippen molar-refractivity contribution >= 4 is 28.2 Å². The Morgan fingerprint density at radius 1 is 1.17 bits per heavy atom. The molecule has 1 aromatic heterocycles. The summed E-state index contributed by atoms with van der Waals surface area (Å²) in [5.74, 6) is -0.428. The summed E-state index contributed by atoms with van der Waals surface area (Å²) in [6.07, 6.45) is 1.32. The maximum absolute atomic E-state index is 12.3. The number of non-ortho nitro benzene ring substituents is 1. The second kappa shape index (κ2) is 6.29. The molecule has 120 valence electrons. The van der Waals surface area contributed by atoms with Crippen molar-refractivity contribution in [1.29, 1.82) is 0 Å². The highest BCUT2D eigenvalue weighted by Gasteiger charge is 2.09. The lowest BCUT2D eigenvalue weighted by molar-refractivity contribution is -0.384. The molecule has 0 spiro atoms. The minimum absolute atomic E-state index is 0.0667. The molecule has 8 nitrogen and oxygen atoms in total. The van der Waals surface area contributed by atoms with Crippen molar-refractivity contribution in [2.45, 2.75) is 6.54 Å². The second-order valence-corrected chi connectivity index (χ2v) is 5.05. The summed E-state index contributed by atoms with van der Waals surface area (Å²) >= 11 is 0. The Kier molecular flexibility index (Phi) is 4.02. The van der Waals surface area contributed by atoms with E-state index in [1.807, 2.05) is 0 Å². The van der Waals surface area contributed by atoms with Gasteiger partial charge in [-0.1, -0.05) is 12.1 Å². The molecule has 0 fully saturated rings. The highest BCUT2D eigenvalue weighted by atomic mass is 16.6. The van der Waals surface area contributed by atoms with Crippen LogP contribution in [0.3, 0.4) is 0 Å². The van der Waals surface area contributed by atoms with Gasteiger partial charge in [0, 0.05) is 17.8 Å². The third kappa shape index (κ3) is 3.12. The highest BCUT2D eigenvalue weighted by Crippen LogP contribution is 2.15. The minimum Gasteiger partial charge on any atom is -0.325 e. The van der Waals surface area contributed by atoms with Crippen LogP contribution in [-0.4, -0.2) is 20.4 Å². The van der Waals surface area contributed by atoms with Crippen molar-refractivity contribution in [2.24, 2.45) is 0 Å². The van der Waals surface area contributed by atoms with Crippen LogP contribution in [0.5, 0.6) is 0 Å². The van der Waals surface area contributed by atoms with Gasteiger partial charge in [0.1, 0.15) is 6.54 Å². The summed E-state index contributed by atoms with van der Waals surface area (Å²) in [5, 5.41) is 13.6. The lowest BCUT2D eigenvalue weighted by Gasteiger charge is -2.08. The fourth-order valence-electron chi connectivity index (χ4n) is 2.24. The number of hydrogen-bond donors (Lipinski definition) is 1. The standard InChI is InChI=1S/C16H12N4O4/c21-15(18-11-5-7-12(8-6-11)20(23)24)9-19-10-17-14-4-2-1-3-13(14)16(19)22/h1-8,10H,9H2,(H,18,21). The zero-order valence-corrected chi connectivity index (χ0v) is 12.4. The Bertz CT molecular complexity index is 979. The van der Waals surface area contributed by atoms with Gasteiger partial charge in [-0.2, -0.15) is 0 Å². The highest BCUT2D eigenvalue weighted by molar-refractivity contribution is 5.90. The summed E-state index contributed by atoms with van der Waals surface area (Å²) in [6, 6.07) is 12.3. The van der Waals surface area contributed by atoms with Gasteiger partial charge in [0.15, 0.2) is 0 Å². The van der Waals surface area contributed by atoms with Crippen LogP contribution in [0.25, 0.3) is 10.9 Å². The lowest BCUT2D eigenvalue weighted by atomic mass is 10.2. The van der Waals surface area contributed by atoms with Crippen molar-refractivity contribution in [3.05, 3.63) is 75.3 Å². The molecule has 3 rings (SSSR count). The third-order valence-electron chi connectivity index (χ3n) is 3.41. The van der Waals surface area contributed by atoms with E-state index >= 15 is 0 Å². The molecule has 0 aliphatic rings. The van der Waals surface area contributed by atoms with E-state index in [9.17, 15) is 19.7 Å². The summed E-state index contributed by atoms with van der Waals surface area (Å²) in [4.78, 5) is 38.6. The molecule has 0 saturated heterocycles. The molecule has 1 N–H and O–H groups in total. The van der Waals surface area contributed by atoms with Gasteiger partial charge >= 0.3 is 0 Å². The zero-order chi connectivity index (χ0) is 17.1. The smallest absolute Gasteiger partial charge is 0.269 e. The van der Waals surface area contributed by atoms with Crippen LogP contribution >= 0.6 is 0 Å². The first-order valence-electron chi connectivity index (χ1n) is 7.03. The molecule has 1 amide bonds. The summed E-state index contributed by atoms with van der Waals surface area (Å²) < 4.78 is 1.21. The van der Waals surface area contributed by atoms with Gasteiger partial charge < -0.3 is 5.32 Å². The molecule has 0 saturated carbocycles. The third-order valence-corrected chi connectivity index (χ3v) is 3.41. The molecule has 8 heteroatoms. The maximum atomic E-state index is 12.3. The van der Waals surface area contributed by atoms with Gasteiger partial charge in [0.05, 0.1) is 22.2 Å². The topological polar surface area (TPSA) is 107 Å². The number of fused-ring (bicyclic) bond motifs is 1. The van der Waals surface area contributed by atoms with Crippen LogP contribution in [0.2, 0.25) is 0 Å². The molecule has 0 radical (unpaired) electrons. The number of rotatable bonds is 4. The van der Waals surface area contributed by atoms with Crippen LogP contribution in [0.4, 0.5) is 11.4 Å². The monoisotopic (exact) mass is 324 g/mol. The van der Waals surface area contributed by atoms with Gasteiger partial charge in [-0.3, -0.25) is 24.3 Å². The van der Waals surface area contributed by atoms with Gasteiger partial charge in [-0.05, 0) is 24.3 Å². The van der Waals surface area contributed by atoms with E-state index in [0.29, 0.717) is 16.6 Å². The molecule has 0 aliphatic carbocycles. The van der Waals surface area contributed by atoms with Gasteiger partial charge in [-0.25, -0.2) is 4.98 Å². The Balaban J connectivity index is 1.76. The predicted molar refractivity (Wildman–Crippen MR) is 87.7 cm³/mol. The molecule has 0 atom stereocenters. The number of nitrogens with zero attached hydrogens (tertiary/aromatic N) is 3.